The Morgan fingerprint density at radius 2 is 2.36 bits per heavy atom. The minimum atomic E-state index is -0.266. The van der Waals surface area contributed by atoms with Crippen LogP contribution in [0.1, 0.15) is 5.69 Å². The van der Waals surface area contributed by atoms with E-state index < -0.39 is 0 Å². The Morgan fingerprint density at radius 3 is 3.00 bits per heavy atom. The summed E-state index contributed by atoms with van der Waals surface area (Å²) in [7, 11) is 1.51. The van der Waals surface area contributed by atoms with Gasteiger partial charge in [0.2, 0.25) is 0 Å². The highest BCUT2D eigenvalue weighted by Gasteiger charge is 1.98. The lowest BCUT2D eigenvalue weighted by atomic mass is 10.3. The van der Waals surface area contributed by atoms with Crippen LogP contribution in [-0.4, -0.2) is 24.9 Å². The number of hydrogen-bond donors (Lipinski definition) is 2. The van der Waals surface area contributed by atoms with E-state index in [0.29, 0.717) is 6.54 Å². The molecule has 0 aliphatic heterocycles. The number of carbonyl (C=O) groups is 1. The van der Waals surface area contributed by atoms with E-state index in [4.69, 9.17) is 0 Å². The SMILES string of the molecule is COCNC(=O)NCc1ccccn1. The van der Waals surface area contributed by atoms with Crippen LogP contribution < -0.4 is 10.6 Å². The van der Waals surface area contributed by atoms with E-state index >= 15 is 0 Å². The summed E-state index contributed by atoms with van der Waals surface area (Å²) < 4.78 is 4.68. The zero-order valence-electron chi connectivity index (χ0n) is 7.99. The second kappa shape index (κ2) is 5.93. The van der Waals surface area contributed by atoms with Crippen LogP contribution in [0, 0.1) is 0 Å². The summed E-state index contributed by atoms with van der Waals surface area (Å²) in [6.45, 7) is 0.616. The Bertz CT molecular complexity index is 277. The van der Waals surface area contributed by atoms with Crippen molar-refractivity contribution in [3.05, 3.63) is 30.1 Å². The molecule has 0 fully saturated rings. The molecule has 1 aromatic heterocycles. The Kier molecular flexibility index (Phi) is 4.43. The van der Waals surface area contributed by atoms with Crippen molar-refractivity contribution in [3.63, 3.8) is 0 Å². The second-order valence-corrected chi connectivity index (χ2v) is 2.61. The van der Waals surface area contributed by atoms with Gasteiger partial charge in [-0.25, -0.2) is 4.79 Å². The quantitative estimate of drug-likeness (QED) is 0.687. The van der Waals surface area contributed by atoms with Crippen LogP contribution in [0.15, 0.2) is 24.4 Å². The largest absolute Gasteiger partial charge is 0.364 e. The van der Waals surface area contributed by atoms with Gasteiger partial charge in [0.25, 0.3) is 0 Å². The van der Waals surface area contributed by atoms with Crippen molar-refractivity contribution in [1.29, 1.82) is 0 Å². The lowest BCUT2D eigenvalue weighted by Crippen LogP contribution is -2.36. The van der Waals surface area contributed by atoms with E-state index in [1.807, 2.05) is 18.2 Å². The summed E-state index contributed by atoms with van der Waals surface area (Å²) in [4.78, 5) is 15.1. The molecule has 0 aliphatic carbocycles. The summed E-state index contributed by atoms with van der Waals surface area (Å²) in [5, 5.41) is 5.14. The van der Waals surface area contributed by atoms with Gasteiger partial charge < -0.3 is 15.4 Å². The summed E-state index contributed by atoms with van der Waals surface area (Å²) in [5.74, 6) is 0. The molecule has 1 rings (SSSR count). The molecule has 0 atom stereocenters. The number of hydrogen-bond acceptors (Lipinski definition) is 3. The normalized spacial score (nSPS) is 9.50. The van der Waals surface area contributed by atoms with Crippen molar-refractivity contribution >= 4 is 6.03 Å². The molecular formula is C9H13N3O2. The number of urea groups is 1. The molecule has 2 amide bonds. The van der Waals surface area contributed by atoms with Gasteiger partial charge in [0.05, 0.1) is 12.2 Å². The molecule has 0 radical (unpaired) electrons. The minimum Gasteiger partial charge on any atom is -0.364 e. The fourth-order valence-electron chi connectivity index (χ4n) is 0.874. The van der Waals surface area contributed by atoms with Crippen LogP contribution in [0.2, 0.25) is 0 Å². The molecule has 5 heteroatoms. The van der Waals surface area contributed by atoms with Crippen molar-refractivity contribution in [1.82, 2.24) is 15.6 Å². The summed E-state index contributed by atoms with van der Waals surface area (Å²) in [6, 6.07) is 5.28. The number of pyridine rings is 1. The van der Waals surface area contributed by atoms with Crippen molar-refractivity contribution in [2.45, 2.75) is 6.54 Å². The third kappa shape index (κ3) is 3.86. The van der Waals surface area contributed by atoms with Gasteiger partial charge in [0.15, 0.2) is 0 Å². The Morgan fingerprint density at radius 1 is 1.50 bits per heavy atom. The van der Waals surface area contributed by atoms with Gasteiger partial charge in [-0.2, -0.15) is 0 Å². The highest BCUT2D eigenvalue weighted by molar-refractivity contribution is 5.73. The first kappa shape index (κ1) is 10.5. The molecule has 0 unspecified atom stereocenters. The highest BCUT2D eigenvalue weighted by Crippen LogP contribution is 1.91. The molecule has 5 nitrogen and oxygen atoms in total. The molecule has 2 N–H and O–H groups in total. The number of nitrogens with zero attached hydrogens (tertiary/aromatic N) is 1. The Balaban J connectivity index is 2.24. The number of ether oxygens (including phenoxy) is 1. The third-order valence-electron chi connectivity index (χ3n) is 1.53. The molecule has 0 aromatic carbocycles. The fraction of sp³-hybridized carbons (Fsp3) is 0.333. The van der Waals surface area contributed by atoms with E-state index in [9.17, 15) is 4.79 Å². The number of methoxy groups -OCH3 is 1. The zero-order valence-corrected chi connectivity index (χ0v) is 7.99. The predicted molar refractivity (Wildman–Crippen MR) is 51.5 cm³/mol. The average Bonchev–Trinajstić information content (AvgIpc) is 2.25. The van der Waals surface area contributed by atoms with E-state index in [-0.39, 0.29) is 12.8 Å². The van der Waals surface area contributed by atoms with Crippen LogP contribution in [0.4, 0.5) is 4.79 Å². The number of aromatic nitrogens is 1. The van der Waals surface area contributed by atoms with Crippen LogP contribution in [0.5, 0.6) is 0 Å². The minimum absolute atomic E-state index is 0.202. The molecule has 0 saturated heterocycles. The monoisotopic (exact) mass is 195 g/mol. The molecule has 76 valence electrons. The van der Waals surface area contributed by atoms with E-state index in [2.05, 4.69) is 20.4 Å². The average molecular weight is 195 g/mol. The van der Waals surface area contributed by atoms with E-state index in [1.54, 1.807) is 6.20 Å². The van der Waals surface area contributed by atoms with Crippen molar-refractivity contribution < 1.29 is 9.53 Å². The molecule has 0 bridgehead atoms. The van der Waals surface area contributed by atoms with Crippen LogP contribution >= 0.6 is 0 Å². The Hall–Kier alpha value is -1.62. The fourth-order valence-corrected chi connectivity index (χ4v) is 0.874. The predicted octanol–water partition coefficient (Wildman–Crippen LogP) is 0.485. The smallest absolute Gasteiger partial charge is 0.316 e. The molecule has 1 heterocycles. The summed E-state index contributed by atoms with van der Waals surface area (Å²) in [6.07, 6.45) is 1.68. The van der Waals surface area contributed by atoms with Crippen LogP contribution in [0.25, 0.3) is 0 Å². The van der Waals surface area contributed by atoms with E-state index in [0.717, 1.165) is 5.69 Å². The van der Waals surface area contributed by atoms with Crippen molar-refractivity contribution in [3.8, 4) is 0 Å². The van der Waals surface area contributed by atoms with Gasteiger partial charge in [-0.15, -0.1) is 0 Å². The lowest BCUT2D eigenvalue weighted by molar-refractivity contribution is 0.172. The molecular weight excluding hydrogens is 182 g/mol. The first-order chi connectivity index (χ1) is 6.83. The number of rotatable bonds is 4. The molecule has 0 spiro atoms. The topological polar surface area (TPSA) is 63.2 Å². The maximum atomic E-state index is 11.0. The Labute approximate surface area is 82.5 Å². The van der Waals surface area contributed by atoms with Gasteiger partial charge in [-0.05, 0) is 12.1 Å². The summed E-state index contributed by atoms with van der Waals surface area (Å²) >= 11 is 0. The maximum Gasteiger partial charge on any atom is 0.316 e. The van der Waals surface area contributed by atoms with Gasteiger partial charge in [0, 0.05) is 13.3 Å². The first-order valence-corrected chi connectivity index (χ1v) is 4.23. The van der Waals surface area contributed by atoms with Gasteiger partial charge in [-0.3, -0.25) is 4.98 Å². The highest BCUT2D eigenvalue weighted by atomic mass is 16.5. The van der Waals surface area contributed by atoms with Crippen LogP contribution in [-0.2, 0) is 11.3 Å². The van der Waals surface area contributed by atoms with Crippen molar-refractivity contribution in [2.75, 3.05) is 13.8 Å². The number of amides is 2. The second-order valence-electron chi connectivity index (χ2n) is 2.61. The van der Waals surface area contributed by atoms with Gasteiger partial charge >= 0.3 is 6.03 Å². The number of nitrogens with one attached hydrogen (secondary N) is 2. The van der Waals surface area contributed by atoms with Crippen LogP contribution in [0.3, 0.4) is 0 Å². The zero-order chi connectivity index (χ0) is 10.2. The van der Waals surface area contributed by atoms with Crippen molar-refractivity contribution in [2.24, 2.45) is 0 Å². The first-order valence-electron chi connectivity index (χ1n) is 4.23. The third-order valence-corrected chi connectivity index (χ3v) is 1.53. The van der Waals surface area contributed by atoms with Gasteiger partial charge in [-0.1, -0.05) is 6.07 Å². The number of carbonyl (C=O) groups excluding carboxylic acids is 1. The lowest BCUT2D eigenvalue weighted by Gasteiger charge is -2.05. The standard InChI is InChI=1S/C9H13N3O2/c1-14-7-12-9(13)11-6-8-4-2-3-5-10-8/h2-5H,6-7H2,1H3,(H2,11,12,13). The molecule has 14 heavy (non-hydrogen) atoms. The molecule has 1 aromatic rings. The van der Waals surface area contributed by atoms with Gasteiger partial charge in [0.1, 0.15) is 6.73 Å². The maximum absolute atomic E-state index is 11.0. The van der Waals surface area contributed by atoms with E-state index in [1.165, 1.54) is 7.11 Å². The summed E-state index contributed by atoms with van der Waals surface area (Å²) in [5.41, 5.74) is 0.820. The molecule has 0 saturated carbocycles. The molecule has 0 aliphatic rings.